The van der Waals surface area contributed by atoms with Crippen LogP contribution in [-0.2, 0) is 62.3 Å². The summed E-state index contributed by atoms with van der Waals surface area (Å²) in [7, 11) is 7.06. The van der Waals surface area contributed by atoms with Crippen LogP contribution in [0.2, 0.25) is 10.0 Å². The van der Waals surface area contributed by atoms with Gasteiger partial charge in [-0.1, -0.05) is 85.6 Å². The fraction of sp³-hybridized carbons (Fsp3) is 0.702. The maximum atomic E-state index is 15.0. The third-order valence-electron chi connectivity index (χ3n) is 16.3. The van der Waals surface area contributed by atoms with Gasteiger partial charge in [0, 0.05) is 60.2 Å². The number of halogens is 2. The Morgan fingerprint density at radius 3 is 2.14 bits per heavy atom. The van der Waals surface area contributed by atoms with Crippen LogP contribution in [0.4, 0.5) is 9.59 Å². The number of alkyl carbamates (subject to hydrolysis) is 2. The number of aliphatic hydroxyl groups is 3. The maximum Gasteiger partial charge on any atom is 0.407 e. The number of methoxy groups -OCH3 is 1. The van der Waals surface area contributed by atoms with Crippen molar-refractivity contribution in [1.82, 2.24) is 35.4 Å². The first-order chi connectivity index (χ1) is 37.6. The van der Waals surface area contributed by atoms with E-state index in [-0.39, 0.29) is 57.0 Å². The smallest absolute Gasteiger partial charge is 0.407 e. The number of aliphatic hydroxyl groups excluding tert-OH is 1. The molecule has 2 aromatic carbocycles. The van der Waals surface area contributed by atoms with Crippen LogP contribution in [0.3, 0.4) is 0 Å². The molecule has 0 radical (unpaired) electrons. The summed E-state index contributed by atoms with van der Waals surface area (Å²) in [5, 5.41) is 52.3. The summed E-state index contributed by atoms with van der Waals surface area (Å²) in [6, 6.07) is 13.5. The molecule has 3 fully saturated rings. The lowest BCUT2D eigenvalue weighted by Crippen LogP contribution is -2.61. The molecule has 4 heterocycles. The summed E-state index contributed by atoms with van der Waals surface area (Å²) in [4.78, 5) is 46.0. The van der Waals surface area contributed by atoms with E-state index >= 15 is 0 Å². The zero-order chi connectivity index (χ0) is 59.0. The predicted molar refractivity (Wildman–Crippen MR) is 298 cm³/mol. The molecule has 23 heteroatoms. The Balaban J connectivity index is 1.29. The average Bonchev–Trinajstić information content (AvgIpc) is 3.97. The van der Waals surface area contributed by atoms with Crippen LogP contribution in [0.25, 0.3) is 0 Å². The number of aromatic nitrogens is 3. The standard InChI is InChI=1S/C57H87Cl2N7O14/c1-15-44-57(10,72)49(79-53(69)60-27-38-20-17-16-18-21-38)36(6)65(13)29-32(2)25-55(8,71)48(78-52-46(67)43(64(11)12)24-33(3)74-52)34(4)47(35(5)51(68)76-44)77-45-26-56(9,73-14)50(37(7)75-45)80-54(70)61-28-39-30-66(63-62-39)31-40-41(58)22-19-23-42(40)59/h16-23,30,32-37,43-50,52,67,71-72H,15,24-29,31H2,1-14H3,(H,60,69)(H,61,70)/t32-,33-,34+,35-,36+,37+,43+,44+,45+,46-,47-,48-,49+,50+,52+,55-,56-,57-/m1/s1. The molecule has 3 aliphatic rings. The molecule has 2 amide bonds. The molecule has 5 N–H and O–H groups in total. The third-order valence-corrected chi connectivity index (χ3v) is 17.0. The number of ether oxygens (including phenoxy) is 8. The lowest BCUT2D eigenvalue weighted by Gasteiger charge is -2.49. The first kappa shape index (κ1) is 64.9. The number of benzene rings is 2. The van der Waals surface area contributed by atoms with Gasteiger partial charge in [0.2, 0.25) is 0 Å². The van der Waals surface area contributed by atoms with Gasteiger partial charge in [-0.2, -0.15) is 0 Å². The number of carbonyl (C=O) groups is 3. The minimum Gasteiger partial charge on any atom is -0.459 e. The molecule has 21 nitrogen and oxygen atoms in total. The molecule has 6 rings (SSSR count). The predicted octanol–water partition coefficient (Wildman–Crippen LogP) is 6.72. The molecule has 0 aliphatic carbocycles. The topological polar surface area (TPSA) is 247 Å². The van der Waals surface area contributed by atoms with Crippen LogP contribution in [0, 0.1) is 17.8 Å². The van der Waals surface area contributed by atoms with Gasteiger partial charge in [0.1, 0.15) is 29.1 Å². The number of amides is 2. The summed E-state index contributed by atoms with van der Waals surface area (Å²) in [5.41, 5.74) is -2.92. The van der Waals surface area contributed by atoms with Gasteiger partial charge in [0.05, 0.1) is 55.2 Å². The number of nitrogens with one attached hydrogen (secondary N) is 2. The average molecular weight is 1170 g/mol. The number of esters is 1. The van der Waals surface area contributed by atoms with Gasteiger partial charge in [0.15, 0.2) is 24.8 Å². The van der Waals surface area contributed by atoms with E-state index in [1.165, 1.54) is 14.0 Å². The Kier molecular flexibility index (Phi) is 22.6. The highest BCUT2D eigenvalue weighted by Crippen LogP contribution is 2.41. The second kappa shape index (κ2) is 27.9. The number of cyclic esters (lactones) is 1. The van der Waals surface area contributed by atoms with E-state index in [2.05, 4.69) is 20.9 Å². The molecule has 3 aliphatic heterocycles. The highest BCUT2D eigenvalue weighted by Gasteiger charge is 2.54. The fourth-order valence-electron chi connectivity index (χ4n) is 11.7. The second-order valence-corrected chi connectivity index (χ2v) is 24.0. The number of hydrogen-bond acceptors (Lipinski definition) is 18. The first-order valence-electron chi connectivity index (χ1n) is 27.7. The van der Waals surface area contributed by atoms with Crippen LogP contribution in [0.15, 0.2) is 54.7 Å². The largest absolute Gasteiger partial charge is 0.459 e. The monoisotopic (exact) mass is 1160 g/mol. The lowest BCUT2D eigenvalue weighted by molar-refractivity contribution is -0.317. The van der Waals surface area contributed by atoms with E-state index in [1.807, 2.05) is 82.0 Å². The number of rotatable bonds is 15. The first-order valence-corrected chi connectivity index (χ1v) is 28.5. The third kappa shape index (κ3) is 16.1. The molecule has 80 heavy (non-hydrogen) atoms. The van der Waals surface area contributed by atoms with Crippen LogP contribution in [-0.4, -0.2) is 183 Å². The van der Waals surface area contributed by atoms with Crippen molar-refractivity contribution in [2.24, 2.45) is 17.8 Å². The summed E-state index contributed by atoms with van der Waals surface area (Å²) in [5.74, 6) is -3.09. The summed E-state index contributed by atoms with van der Waals surface area (Å²) >= 11 is 12.7. The van der Waals surface area contributed by atoms with Crippen molar-refractivity contribution in [3.8, 4) is 0 Å². The van der Waals surface area contributed by atoms with Crippen molar-refractivity contribution >= 4 is 41.4 Å². The Morgan fingerprint density at radius 2 is 1.51 bits per heavy atom. The summed E-state index contributed by atoms with van der Waals surface area (Å²) < 4.78 is 52.9. The lowest BCUT2D eigenvalue weighted by atomic mass is 9.77. The quantitative estimate of drug-likeness (QED) is 0.0783. The maximum absolute atomic E-state index is 15.0. The van der Waals surface area contributed by atoms with Gasteiger partial charge in [-0.05, 0) is 112 Å². The molecule has 1 aromatic heterocycles. The molecule has 0 spiro atoms. The molecule has 3 saturated heterocycles. The van der Waals surface area contributed by atoms with E-state index in [4.69, 9.17) is 61.1 Å². The molecule has 0 bridgehead atoms. The Bertz CT molecular complexity index is 2470. The van der Waals surface area contributed by atoms with Crippen LogP contribution in [0.1, 0.15) is 112 Å². The van der Waals surface area contributed by atoms with Crippen molar-refractivity contribution in [1.29, 1.82) is 0 Å². The molecule has 18 atom stereocenters. The minimum atomic E-state index is -1.95. The second-order valence-electron chi connectivity index (χ2n) is 23.2. The Hall–Kier alpha value is -4.23. The van der Waals surface area contributed by atoms with E-state index in [0.29, 0.717) is 34.3 Å². The summed E-state index contributed by atoms with van der Waals surface area (Å²) in [6.07, 6.45) is -9.55. The summed E-state index contributed by atoms with van der Waals surface area (Å²) in [6.45, 7) is 18.2. The van der Waals surface area contributed by atoms with Gasteiger partial charge < -0.3 is 68.7 Å². The van der Waals surface area contributed by atoms with Crippen LogP contribution in [0.5, 0.6) is 0 Å². The molecule has 448 valence electrons. The number of carbonyl (C=O) groups excluding carboxylic acids is 3. The van der Waals surface area contributed by atoms with Crippen molar-refractivity contribution in [2.75, 3.05) is 34.8 Å². The van der Waals surface area contributed by atoms with Gasteiger partial charge in [-0.3, -0.25) is 9.69 Å². The number of likely N-dealkylation sites (N-methyl/N-ethyl adjacent to an activating group) is 2. The molecular formula is C57H87Cl2N7O14. The van der Waals surface area contributed by atoms with E-state index in [0.717, 1.165) is 5.56 Å². The number of hydrogen-bond donors (Lipinski definition) is 5. The highest BCUT2D eigenvalue weighted by atomic mass is 35.5. The van der Waals surface area contributed by atoms with Gasteiger partial charge in [0.25, 0.3) is 0 Å². The Morgan fingerprint density at radius 1 is 0.875 bits per heavy atom. The van der Waals surface area contributed by atoms with Crippen molar-refractivity contribution in [3.05, 3.63) is 81.6 Å². The van der Waals surface area contributed by atoms with Gasteiger partial charge >= 0.3 is 18.2 Å². The van der Waals surface area contributed by atoms with Crippen LogP contribution < -0.4 is 10.6 Å². The molecule has 0 unspecified atom stereocenters. The minimum absolute atomic E-state index is 0.0109. The zero-order valence-electron chi connectivity index (χ0n) is 48.8. The molecule has 0 saturated carbocycles. The van der Waals surface area contributed by atoms with Gasteiger partial charge in [-0.15, -0.1) is 5.10 Å². The van der Waals surface area contributed by atoms with Crippen LogP contribution >= 0.6 is 23.2 Å². The number of nitrogens with zero attached hydrogens (tertiary/aromatic N) is 5. The SMILES string of the molecule is CC[C@@H]1OC(=O)[C@H](C)[C@H](O[C@H]2C[C@@](C)(OC)[C@@H](OC(=O)NCc3cn(Cc4c(Cl)cccc4Cl)nn3)[C@H](C)O2)[C@H](C)[C@@H](O[C@@H]2O[C@H](C)C[C@H](N(C)C)[C@H]2O)[C@](C)(O)C[C@@H](C)CN(C)[C@@H](C)[C@H](OC(=O)NCc2ccccc2)[C@]1(C)O. The van der Waals surface area contributed by atoms with Crippen molar-refractivity contribution in [2.45, 2.75) is 205 Å². The van der Waals surface area contributed by atoms with E-state index < -0.39 is 108 Å². The van der Waals surface area contributed by atoms with Crippen molar-refractivity contribution in [3.63, 3.8) is 0 Å². The van der Waals surface area contributed by atoms with Crippen molar-refractivity contribution < 1.29 is 67.6 Å². The fourth-order valence-corrected chi connectivity index (χ4v) is 12.3. The zero-order valence-corrected chi connectivity index (χ0v) is 50.3. The molecular weight excluding hydrogens is 1080 g/mol. The van der Waals surface area contributed by atoms with E-state index in [1.54, 1.807) is 70.6 Å². The normalized spacial score (nSPS) is 36.0. The Labute approximate surface area is 481 Å². The molecule has 3 aromatic rings. The van der Waals surface area contributed by atoms with E-state index in [9.17, 15) is 29.7 Å². The highest BCUT2D eigenvalue weighted by molar-refractivity contribution is 6.36. The van der Waals surface area contributed by atoms with Gasteiger partial charge in [-0.25, -0.2) is 14.3 Å².